The van der Waals surface area contributed by atoms with Gasteiger partial charge in [0.2, 0.25) is 5.95 Å². The van der Waals surface area contributed by atoms with Crippen LogP contribution in [0.25, 0.3) is 22.4 Å². The van der Waals surface area contributed by atoms with Crippen molar-refractivity contribution < 1.29 is 13.5 Å². The van der Waals surface area contributed by atoms with Gasteiger partial charge in [0.15, 0.2) is 5.65 Å². The van der Waals surface area contributed by atoms with Crippen molar-refractivity contribution in [3.8, 4) is 11.3 Å². The zero-order valence-electron chi connectivity index (χ0n) is 17.7. The Bertz CT molecular complexity index is 1150. The van der Waals surface area contributed by atoms with Crippen molar-refractivity contribution in [3.63, 3.8) is 0 Å². The van der Waals surface area contributed by atoms with Crippen LogP contribution >= 0.6 is 0 Å². The van der Waals surface area contributed by atoms with Gasteiger partial charge in [0.1, 0.15) is 22.8 Å². The molecule has 2 aromatic heterocycles. The van der Waals surface area contributed by atoms with Crippen LogP contribution in [0.2, 0.25) is 0 Å². The normalized spacial score (nSPS) is 22.0. The van der Waals surface area contributed by atoms with Gasteiger partial charge in [0.25, 0.3) is 0 Å². The summed E-state index contributed by atoms with van der Waals surface area (Å²) in [7, 11) is 0. The van der Waals surface area contributed by atoms with Crippen molar-refractivity contribution in [1.82, 2.24) is 25.3 Å². The van der Waals surface area contributed by atoms with E-state index in [2.05, 4.69) is 25.2 Å². The first kappa shape index (κ1) is 20.1. The first-order valence-electron chi connectivity index (χ1n) is 10.5. The van der Waals surface area contributed by atoms with Gasteiger partial charge in [-0.2, -0.15) is 4.98 Å². The highest BCUT2D eigenvalue weighted by Crippen LogP contribution is 2.31. The van der Waals surface area contributed by atoms with Gasteiger partial charge in [-0.1, -0.05) is 0 Å². The van der Waals surface area contributed by atoms with E-state index >= 15 is 0 Å². The smallest absolute Gasteiger partial charge is 0.228 e. The molecular weight excluding hydrogens is 402 g/mol. The number of hydrogen-bond donors (Lipinski definition) is 1. The summed E-state index contributed by atoms with van der Waals surface area (Å²) in [5.74, 6) is -0.433. The first-order valence-corrected chi connectivity index (χ1v) is 10.5. The maximum absolute atomic E-state index is 14.7. The number of ether oxygens (including phenoxy) is 1. The number of aromatic nitrogens is 4. The summed E-state index contributed by atoms with van der Waals surface area (Å²) in [5, 5.41) is 3.28. The fourth-order valence-electron chi connectivity index (χ4n) is 4.10. The van der Waals surface area contributed by atoms with E-state index in [9.17, 15) is 8.78 Å². The van der Waals surface area contributed by atoms with Gasteiger partial charge in [0, 0.05) is 43.7 Å². The fraction of sp³-hybridized carbons (Fsp3) is 0.455. The summed E-state index contributed by atoms with van der Waals surface area (Å²) in [6.07, 6.45) is 0.0802. The molecule has 0 aliphatic carbocycles. The highest BCUT2D eigenvalue weighted by Gasteiger charge is 2.35. The van der Waals surface area contributed by atoms with E-state index in [0.29, 0.717) is 47.5 Å². The number of nitrogens with one attached hydrogen (secondary N) is 1. The predicted octanol–water partition coefficient (Wildman–Crippen LogP) is 2.79. The average Bonchev–Trinajstić information content (AvgIpc) is 2.67. The van der Waals surface area contributed by atoms with Crippen LogP contribution in [0, 0.1) is 31.4 Å². The summed E-state index contributed by atoms with van der Waals surface area (Å²) in [6, 6.07) is 3.46. The van der Waals surface area contributed by atoms with Crippen LogP contribution in [0.1, 0.15) is 18.3 Å². The second-order valence-electron chi connectivity index (χ2n) is 8.37. The van der Waals surface area contributed by atoms with E-state index in [1.54, 1.807) is 0 Å². The Morgan fingerprint density at radius 3 is 2.52 bits per heavy atom. The molecule has 0 spiro atoms. The maximum Gasteiger partial charge on any atom is 0.228 e. The van der Waals surface area contributed by atoms with E-state index < -0.39 is 11.6 Å². The minimum Gasteiger partial charge on any atom is -0.371 e. The lowest BCUT2D eigenvalue weighted by Crippen LogP contribution is -2.57. The van der Waals surface area contributed by atoms with Crippen molar-refractivity contribution in [3.05, 3.63) is 41.2 Å². The molecule has 1 N–H and O–H groups in total. The molecule has 9 heteroatoms. The number of benzene rings is 1. The SMILES string of the molecule is Cc1nc2nc(N3C[C@@H](C)O[C@H](C4CNC4)C3)nc(-c3ccc(F)cc3F)c2nc1C. The Morgan fingerprint density at radius 2 is 1.81 bits per heavy atom. The topological polar surface area (TPSA) is 76.1 Å². The molecule has 0 unspecified atom stereocenters. The standard InChI is InChI=1S/C22H24F2N6O/c1-11-9-30(10-18(31-11)14-7-25-8-14)22-28-19(16-5-4-15(23)6-17(16)24)20-21(29-22)27-13(3)12(2)26-20/h4-6,11,14,18,25H,7-10H2,1-3H3/t11-,18+/m1/s1. The highest BCUT2D eigenvalue weighted by molar-refractivity contribution is 5.88. The van der Waals surface area contributed by atoms with E-state index in [1.807, 2.05) is 20.8 Å². The molecule has 4 heterocycles. The number of halogens is 2. The second-order valence-corrected chi connectivity index (χ2v) is 8.37. The Labute approximate surface area is 178 Å². The molecule has 2 fully saturated rings. The zero-order valence-corrected chi connectivity index (χ0v) is 17.7. The molecule has 2 atom stereocenters. The molecule has 2 aliphatic heterocycles. The molecule has 0 saturated carbocycles. The van der Waals surface area contributed by atoms with Crippen LogP contribution in [0.5, 0.6) is 0 Å². The van der Waals surface area contributed by atoms with Crippen LogP contribution in [0.15, 0.2) is 18.2 Å². The quantitative estimate of drug-likeness (QED) is 0.690. The van der Waals surface area contributed by atoms with Gasteiger partial charge in [-0.3, -0.25) is 0 Å². The van der Waals surface area contributed by atoms with E-state index in [4.69, 9.17) is 9.72 Å². The number of fused-ring (bicyclic) bond motifs is 1. The van der Waals surface area contributed by atoms with Crippen molar-refractivity contribution in [2.45, 2.75) is 33.0 Å². The molecule has 5 rings (SSSR count). The number of aryl methyl sites for hydroxylation is 2. The molecule has 3 aromatic rings. The summed E-state index contributed by atoms with van der Waals surface area (Å²) in [5.41, 5.74) is 2.75. The number of hydrogen-bond acceptors (Lipinski definition) is 7. The maximum atomic E-state index is 14.7. The molecule has 0 radical (unpaired) electrons. The third kappa shape index (κ3) is 3.72. The zero-order chi connectivity index (χ0) is 21.7. The largest absolute Gasteiger partial charge is 0.371 e. The molecule has 2 aliphatic rings. The van der Waals surface area contributed by atoms with Crippen LogP contribution in [0.4, 0.5) is 14.7 Å². The van der Waals surface area contributed by atoms with Crippen LogP contribution in [-0.4, -0.2) is 58.3 Å². The predicted molar refractivity (Wildman–Crippen MR) is 113 cm³/mol. The number of rotatable bonds is 3. The molecule has 31 heavy (non-hydrogen) atoms. The van der Waals surface area contributed by atoms with Crippen LogP contribution in [-0.2, 0) is 4.74 Å². The third-order valence-electron chi connectivity index (χ3n) is 6.02. The van der Waals surface area contributed by atoms with Gasteiger partial charge >= 0.3 is 0 Å². The number of anilines is 1. The molecule has 1 aromatic carbocycles. The van der Waals surface area contributed by atoms with Gasteiger partial charge < -0.3 is 15.0 Å². The molecule has 162 valence electrons. The van der Waals surface area contributed by atoms with Crippen molar-refractivity contribution in [2.24, 2.45) is 5.92 Å². The monoisotopic (exact) mass is 426 g/mol. The van der Waals surface area contributed by atoms with E-state index in [0.717, 1.165) is 24.8 Å². The summed E-state index contributed by atoms with van der Waals surface area (Å²) >= 11 is 0. The average molecular weight is 426 g/mol. The lowest BCUT2D eigenvalue weighted by Gasteiger charge is -2.43. The van der Waals surface area contributed by atoms with Gasteiger partial charge in [-0.25, -0.2) is 23.7 Å². The molecule has 0 bridgehead atoms. The molecular formula is C22H24F2N6O. The second kappa shape index (κ2) is 7.72. The first-order chi connectivity index (χ1) is 14.9. The van der Waals surface area contributed by atoms with Crippen molar-refractivity contribution in [1.29, 1.82) is 0 Å². The van der Waals surface area contributed by atoms with Gasteiger partial charge in [-0.15, -0.1) is 0 Å². The summed E-state index contributed by atoms with van der Waals surface area (Å²) in [6.45, 7) is 8.84. The van der Waals surface area contributed by atoms with Crippen molar-refractivity contribution in [2.75, 3.05) is 31.1 Å². The summed E-state index contributed by atoms with van der Waals surface area (Å²) in [4.78, 5) is 20.6. The number of morpholine rings is 1. The lowest BCUT2D eigenvalue weighted by molar-refractivity contribution is -0.0580. The van der Waals surface area contributed by atoms with E-state index in [1.165, 1.54) is 12.1 Å². The third-order valence-corrected chi connectivity index (χ3v) is 6.02. The van der Waals surface area contributed by atoms with Gasteiger partial charge in [0.05, 0.1) is 23.6 Å². The Balaban J connectivity index is 1.64. The van der Waals surface area contributed by atoms with Crippen LogP contribution < -0.4 is 10.2 Å². The lowest BCUT2D eigenvalue weighted by atomic mass is 9.94. The van der Waals surface area contributed by atoms with Crippen LogP contribution in [0.3, 0.4) is 0 Å². The Kier molecular flexibility index (Phi) is 5.02. The van der Waals surface area contributed by atoms with Gasteiger partial charge in [-0.05, 0) is 32.9 Å². The van der Waals surface area contributed by atoms with Crippen molar-refractivity contribution >= 4 is 17.1 Å². The Morgan fingerprint density at radius 1 is 1.03 bits per heavy atom. The Hall–Kier alpha value is -2.78. The summed E-state index contributed by atoms with van der Waals surface area (Å²) < 4.78 is 34.4. The fourth-order valence-corrected chi connectivity index (χ4v) is 4.10. The molecule has 2 saturated heterocycles. The number of nitrogens with zero attached hydrogens (tertiary/aromatic N) is 5. The minimum absolute atomic E-state index is 0.00972. The van der Waals surface area contributed by atoms with E-state index in [-0.39, 0.29) is 17.8 Å². The molecule has 7 nitrogen and oxygen atoms in total. The highest BCUT2D eigenvalue weighted by atomic mass is 19.1. The minimum atomic E-state index is -0.695. The molecule has 0 amide bonds.